The number of carbonyl (C=O) groups is 1. The lowest BCUT2D eigenvalue weighted by atomic mass is 10.0. The summed E-state index contributed by atoms with van der Waals surface area (Å²) in [6.07, 6.45) is 4.48. The Morgan fingerprint density at radius 3 is 2.62 bits per heavy atom. The van der Waals surface area contributed by atoms with Crippen molar-refractivity contribution in [3.63, 3.8) is 0 Å². The Morgan fingerprint density at radius 2 is 1.96 bits per heavy atom. The molecule has 0 bridgehead atoms. The van der Waals surface area contributed by atoms with Crippen molar-refractivity contribution in [1.82, 2.24) is 20.1 Å². The highest BCUT2D eigenvalue weighted by molar-refractivity contribution is 7.99. The van der Waals surface area contributed by atoms with Gasteiger partial charge < -0.3 is 5.32 Å². The van der Waals surface area contributed by atoms with Crippen LogP contribution in [0.4, 0.5) is 0 Å². The highest BCUT2D eigenvalue weighted by Gasteiger charge is 2.30. The van der Waals surface area contributed by atoms with Crippen LogP contribution in [0.15, 0.2) is 35.5 Å². The van der Waals surface area contributed by atoms with Crippen LogP contribution in [-0.2, 0) is 4.79 Å². The summed E-state index contributed by atoms with van der Waals surface area (Å²) in [7, 11) is 0. The lowest BCUT2D eigenvalue weighted by Crippen LogP contribution is -2.34. The molecule has 1 aromatic heterocycles. The van der Waals surface area contributed by atoms with Gasteiger partial charge in [0.25, 0.3) is 0 Å². The van der Waals surface area contributed by atoms with E-state index in [-0.39, 0.29) is 11.9 Å². The summed E-state index contributed by atoms with van der Waals surface area (Å²) in [5, 5.41) is 8.39. The van der Waals surface area contributed by atoms with E-state index >= 15 is 0 Å². The van der Waals surface area contributed by atoms with Gasteiger partial charge in [-0.3, -0.25) is 4.79 Å². The van der Waals surface area contributed by atoms with Crippen LogP contribution in [0.5, 0.6) is 0 Å². The molecule has 26 heavy (non-hydrogen) atoms. The molecule has 1 aliphatic rings. The molecule has 0 saturated heterocycles. The van der Waals surface area contributed by atoms with Crippen molar-refractivity contribution in [2.45, 2.75) is 63.6 Å². The first-order valence-corrected chi connectivity index (χ1v) is 10.5. The van der Waals surface area contributed by atoms with Crippen molar-refractivity contribution in [2.75, 3.05) is 5.75 Å². The van der Waals surface area contributed by atoms with Gasteiger partial charge in [-0.2, -0.15) is 0 Å². The van der Waals surface area contributed by atoms with Gasteiger partial charge in [0.15, 0.2) is 0 Å². The summed E-state index contributed by atoms with van der Waals surface area (Å²) < 4.78 is 1.93. The maximum atomic E-state index is 12.2. The number of aromatic nitrogens is 3. The van der Waals surface area contributed by atoms with Gasteiger partial charge in [-0.05, 0) is 50.7 Å². The lowest BCUT2D eigenvalue weighted by molar-refractivity contribution is -0.119. The van der Waals surface area contributed by atoms with Gasteiger partial charge in [0, 0.05) is 12.0 Å². The third-order valence-electron chi connectivity index (χ3n) is 4.47. The third-order valence-corrected chi connectivity index (χ3v) is 5.31. The fourth-order valence-corrected chi connectivity index (χ4v) is 3.47. The molecule has 0 spiro atoms. The van der Waals surface area contributed by atoms with Crippen LogP contribution in [0.25, 0.3) is 5.69 Å². The van der Waals surface area contributed by atoms with Crippen LogP contribution in [0.2, 0.25) is 0 Å². The number of para-hydroxylation sites is 1. The molecule has 1 aromatic carbocycles. The van der Waals surface area contributed by atoms with Gasteiger partial charge in [-0.15, -0.1) is 5.10 Å². The number of hydrogen-bond donors (Lipinski definition) is 1. The Hall–Kier alpha value is -1.82. The number of benzene rings is 1. The molecule has 140 valence electrons. The Balaban J connectivity index is 1.58. The summed E-state index contributed by atoms with van der Waals surface area (Å²) in [6.45, 7) is 6.48. The molecule has 6 heteroatoms. The molecule has 0 aliphatic heterocycles. The van der Waals surface area contributed by atoms with E-state index in [1.54, 1.807) is 0 Å². The van der Waals surface area contributed by atoms with E-state index in [2.05, 4.69) is 31.2 Å². The predicted octanol–water partition coefficient (Wildman–Crippen LogP) is 4.18. The van der Waals surface area contributed by atoms with Gasteiger partial charge in [0.2, 0.25) is 11.1 Å². The second-order valence-corrected chi connectivity index (χ2v) is 8.45. The normalized spacial score (nSPS) is 15.2. The molecule has 1 heterocycles. The number of thioether (sulfide) groups is 1. The summed E-state index contributed by atoms with van der Waals surface area (Å²) in [5.41, 5.74) is 1.03. The smallest absolute Gasteiger partial charge is 0.230 e. The Labute approximate surface area is 160 Å². The Kier molecular flexibility index (Phi) is 6.35. The van der Waals surface area contributed by atoms with E-state index in [1.807, 2.05) is 35.0 Å². The molecular weight excluding hydrogens is 344 g/mol. The van der Waals surface area contributed by atoms with Crippen LogP contribution in [0.1, 0.15) is 58.2 Å². The molecular formula is C20H28N4OS. The van der Waals surface area contributed by atoms with E-state index in [0.29, 0.717) is 22.7 Å². The van der Waals surface area contributed by atoms with Crippen molar-refractivity contribution in [2.24, 2.45) is 5.92 Å². The van der Waals surface area contributed by atoms with Crippen molar-refractivity contribution in [1.29, 1.82) is 0 Å². The average molecular weight is 373 g/mol. The van der Waals surface area contributed by atoms with Crippen LogP contribution in [0, 0.1) is 5.92 Å². The van der Waals surface area contributed by atoms with Gasteiger partial charge >= 0.3 is 0 Å². The second-order valence-electron chi connectivity index (χ2n) is 7.50. The molecule has 1 atom stereocenters. The summed E-state index contributed by atoms with van der Waals surface area (Å²) in [6, 6.07) is 10.3. The monoisotopic (exact) mass is 372 g/mol. The van der Waals surface area contributed by atoms with Crippen LogP contribution >= 0.6 is 11.8 Å². The molecule has 1 saturated carbocycles. The lowest BCUT2D eigenvalue weighted by Gasteiger charge is -2.14. The second kappa shape index (κ2) is 8.71. The fourth-order valence-electron chi connectivity index (χ4n) is 2.83. The van der Waals surface area contributed by atoms with Crippen LogP contribution in [0.3, 0.4) is 0 Å². The van der Waals surface area contributed by atoms with E-state index in [4.69, 9.17) is 4.98 Å². The van der Waals surface area contributed by atoms with E-state index in [1.165, 1.54) is 24.6 Å². The van der Waals surface area contributed by atoms with E-state index in [0.717, 1.165) is 24.4 Å². The maximum Gasteiger partial charge on any atom is 0.230 e. The fraction of sp³-hybridized carbons (Fsp3) is 0.550. The highest BCUT2D eigenvalue weighted by atomic mass is 32.2. The molecule has 3 rings (SSSR count). The highest BCUT2D eigenvalue weighted by Crippen LogP contribution is 2.40. The first-order chi connectivity index (χ1) is 12.5. The maximum absolute atomic E-state index is 12.2. The van der Waals surface area contributed by atoms with Crippen LogP contribution < -0.4 is 5.32 Å². The summed E-state index contributed by atoms with van der Waals surface area (Å²) in [5.74, 6) is 2.59. The molecule has 2 aromatic rings. The topological polar surface area (TPSA) is 59.8 Å². The molecule has 5 nitrogen and oxygen atoms in total. The van der Waals surface area contributed by atoms with Gasteiger partial charge in [-0.1, -0.05) is 43.8 Å². The minimum Gasteiger partial charge on any atom is -0.353 e. The first-order valence-electron chi connectivity index (χ1n) is 9.47. The van der Waals surface area contributed by atoms with Gasteiger partial charge in [0.05, 0.1) is 11.4 Å². The van der Waals surface area contributed by atoms with Crippen molar-refractivity contribution in [3.8, 4) is 5.69 Å². The number of hydrogen-bond acceptors (Lipinski definition) is 4. The SMILES string of the molecule is CC(C)CC[C@H](C)NC(=O)CSc1nc(C2CC2)n(-c2ccccc2)n1. The number of carbonyl (C=O) groups excluding carboxylic acids is 1. The number of amides is 1. The predicted molar refractivity (Wildman–Crippen MR) is 106 cm³/mol. The molecule has 0 unspecified atom stereocenters. The average Bonchev–Trinajstić information content (AvgIpc) is 3.38. The zero-order valence-electron chi connectivity index (χ0n) is 15.8. The first kappa shape index (κ1) is 19.0. The number of rotatable bonds is 9. The van der Waals surface area contributed by atoms with Crippen molar-refractivity contribution >= 4 is 17.7 Å². The van der Waals surface area contributed by atoms with E-state index in [9.17, 15) is 4.79 Å². The third kappa shape index (κ3) is 5.34. The van der Waals surface area contributed by atoms with Crippen molar-refractivity contribution < 1.29 is 4.79 Å². The molecule has 1 aliphatic carbocycles. The Morgan fingerprint density at radius 1 is 1.23 bits per heavy atom. The van der Waals surface area contributed by atoms with E-state index < -0.39 is 0 Å². The number of nitrogens with zero attached hydrogens (tertiary/aromatic N) is 3. The van der Waals surface area contributed by atoms with Gasteiger partial charge in [0.1, 0.15) is 5.82 Å². The summed E-state index contributed by atoms with van der Waals surface area (Å²) >= 11 is 1.41. The zero-order valence-corrected chi connectivity index (χ0v) is 16.6. The molecule has 0 radical (unpaired) electrons. The standard InChI is InChI=1S/C20H28N4OS/c1-14(2)9-10-15(3)21-18(25)13-26-20-22-19(16-11-12-16)24(23-20)17-7-5-4-6-8-17/h4-8,14-16H,9-13H2,1-3H3,(H,21,25)/t15-/m0/s1. The Bertz CT molecular complexity index is 725. The molecule has 1 N–H and O–H groups in total. The molecule has 1 fully saturated rings. The molecule has 1 amide bonds. The number of nitrogens with one attached hydrogen (secondary N) is 1. The van der Waals surface area contributed by atoms with Crippen LogP contribution in [-0.4, -0.2) is 32.5 Å². The largest absolute Gasteiger partial charge is 0.353 e. The summed E-state index contributed by atoms with van der Waals surface area (Å²) in [4.78, 5) is 16.9. The minimum atomic E-state index is 0.0512. The van der Waals surface area contributed by atoms with Crippen molar-refractivity contribution in [3.05, 3.63) is 36.2 Å². The zero-order chi connectivity index (χ0) is 18.5. The van der Waals surface area contributed by atoms with Gasteiger partial charge in [-0.25, -0.2) is 9.67 Å². The quantitative estimate of drug-likeness (QED) is 0.671. The minimum absolute atomic E-state index is 0.0512.